The third-order valence-electron chi connectivity index (χ3n) is 3.84. The molecule has 3 nitrogen and oxygen atoms in total. The summed E-state index contributed by atoms with van der Waals surface area (Å²) in [7, 11) is -0.0577. The number of methoxy groups -OCH3 is 1. The molecule has 0 aliphatic rings. The molecule has 0 bridgehead atoms. The summed E-state index contributed by atoms with van der Waals surface area (Å²) in [5, 5.41) is 1.09. The molecule has 0 unspecified atom stereocenters. The van der Waals surface area contributed by atoms with E-state index in [0.29, 0.717) is 5.56 Å². The normalized spacial score (nSPS) is 11.3. The number of ether oxygens (including phenoxy) is 1. The highest BCUT2D eigenvalue weighted by Crippen LogP contribution is 2.34. The van der Waals surface area contributed by atoms with Crippen molar-refractivity contribution >= 4 is 19.2 Å². The minimum absolute atomic E-state index is 0.373. The first-order valence-corrected chi connectivity index (χ1v) is 10.8. The summed E-state index contributed by atoms with van der Waals surface area (Å²) in [4.78, 5) is 12.2. The quantitative estimate of drug-likeness (QED) is 0.880. The zero-order valence-corrected chi connectivity index (χ0v) is 14.9. The van der Waals surface area contributed by atoms with E-state index in [4.69, 9.17) is 10.5 Å². The molecule has 0 heterocycles. The predicted octanol–water partition coefficient (Wildman–Crippen LogP) is 3.31. The van der Waals surface area contributed by atoms with Gasteiger partial charge >= 0.3 is 0 Å². The van der Waals surface area contributed by atoms with Crippen molar-refractivity contribution in [3.8, 4) is 16.9 Å². The van der Waals surface area contributed by atoms with E-state index in [1.165, 1.54) is 0 Å². The van der Waals surface area contributed by atoms with E-state index in [-0.39, 0.29) is 5.91 Å². The molecule has 0 atom stereocenters. The van der Waals surface area contributed by atoms with Gasteiger partial charge in [0, 0.05) is 16.7 Å². The van der Waals surface area contributed by atoms with E-state index >= 15 is 0 Å². The Labute approximate surface area is 133 Å². The molecular weight excluding hydrogens is 290 g/mol. The van der Waals surface area contributed by atoms with Crippen molar-refractivity contribution in [2.24, 2.45) is 5.73 Å². The van der Waals surface area contributed by atoms with Gasteiger partial charge in [0.25, 0.3) is 0 Å². The van der Waals surface area contributed by atoms with Crippen LogP contribution in [0.4, 0.5) is 0 Å². The number of hydrogen-bond acceptors (Lipinski definition) is 2. The van der Waals surface area contributed by atoms with Gasteiger partial charge < -0.3 is 10.5 Å². The van der Waals surface area contributed by atoms with E-state index in [0.717, 1.165) is 27.6 Å². The summed E-state index contributed by atoms with van der Waals surface area (Å²) in [5.74, 6) is 0.378. The van der Waals surface area contributed by atoms with Crippen molar-refractivity contribution in [2.45, 2.75) is 26.6 Å². The second-order valence-corrected chi connectivity index (χ2v) is 11.5. The van der Waals surface area contributed by atoms with Crippen LogP contribution in [0.15, 0.2) is 36.4 Å². The number of hydrogen-bond donors (Lipinski definition) is 1. The van der Waals surface area contributed by atoms with Crippen molar-refractivity contribution in [1.82, 2.24) is 0 Å². The first-order chi connectivity index (χ1) is 10.3. The lowest BCUT2D eigenvalue weighted by atomic mass is 9.94. The van der Waals surface area contributed by atoms with E-state index in [1.807, 2.05) is 31.2 Å². The van der Waals surface area contributed by atoms with Gasteiger partial charge in [-0.15, -0.1) is 0 Å². The lowest BCUT2D eigenvalue weighted by molar-refractivity contribution is 0.100. The number of benzene rings is 2. The smallest absolute Gasteiger partial charge is 0.249 e. The largest absolute Gasteiger partial charge is 0.496 e. The monoisotopic (exact) mass is 313 g/mol. The molecule has 4 heteroatoms. The Morgan fingerprint density at radius 2 is 1.73 bits per heavy atom. The fourth-order valence-electron chi connectivity index (χ4n) is 2.79. The topological polar surface area (TPSA) is 52.3 Å². The fourth-order valence-corrected chi connectivity index (χ4v) is 4.37. The number of carbonyl (C=O) groups is 1. The SMILES string of the molecule is COc1ccccc1-c1c(C)ccc([Si](C)(C)C)c1C(N)=O. The van der Waals surface area contributed by atoms with Crippen LogP contribution in [-0.2, 0) is 0 Å². The van der Waals surface area contributed by atoms with E-state index in [1.54, 1.807) is 7.11 Å². The van der Waals surface area contributed by atoms with Crippen molar-refractivity contribution in [3.63, 3.8) is 0 Å². The Kier molecular flexibility index (Phi) is 4.42. The number of carbonyl (C=O) groups excluding carboxylic acids is 1. The van der Waals surface area contributed by atoms with Crippen molar-refractivity contribution in [2.75, 3.05) is 7.11 Å². The predicted molar refractivity (Wildman–Crippen MR) is 94.7 cm³/mol. The summed E-state index contributed by atoms with van der Waals surface area (Å²) in [6.07, 6.45) is 0. The Morgan fingerprint density at radius 3 is 2.27 bits per heavy atom. The van der Waals surface area contributed by atoms with Gasteiger partial charge in [-0.25, -0.2) is 0 Å². The molecule has 116 valence electrons. The molecule has 2 rings (SSSR count). The van der Waals surface area contributed by atoms with Gasteiger partial charge in [0.15, 0.2) is 0 Å². The average molecular weight is 313 g/mol. The summed E-state index contributed by atoms with van der Waals surface area (Å²) in [6.45, 7) is 8.66. The highest BCUT2D eigenvalue weighted by molar-refractivity contribution is 6.89. The average Bonchev–Trinajstić information content (AvgIpc) is 2.45. The van der Waals surface area contributed by atoms with Crippen LogP contribution in [0.1, 0.15) is 15.9 Å². The van der Waals surface area contributed by atoms with Crippen LogP contribution in [0.2, 0.25) is 19.6 Å². The molecule has 1 amide bonds. The molecule has 0 fully saturated rings. The lowest BCUT2D eigenvalue weighted by Crippen LogP contribution is -2.43. The maximum atomic E-state index is 12.2. The Morgan fingerprint density at radius 1 is 1.09 bits per heavy atom. The Balaban J connectivity index is 2.89. The second kappa shape index (κ2) is 5.97. The highest BCUT2D eigenvalue weighted by Gasteiger charge is 2.27. The van der Waals surface area contributed by atoms with Crippen LogP contribution in [0.3, 0.4) is 0 Å². The van der Waals surface area contributed by atoms with Crippen LogP contribution in [-0.4, -0.2) is 21.1 Å². The first kappa shape index (κ1) is 16.3. The zero-order chi connectivity index (χ0) is 16.5. The highest BCUT2D eigenvalue weighted by atomic mass is 28.3. The molecular formula is C18H23NO2Si. The van der Waals surface area contributed by atoms with Gasteiger partial charge in [-0.3, -0.25) is 4.79 Å². The van der Waals surface area contributed by atoms with Gasteiger partial charge in [-0.05, 0) is 23.7 Å². The van der Waals surface area contributed by atoms with Gasteiger partial charge in [-0.1, -0.05) is 50.0 Å². The van der Waals surface area contributed by atoms with Crippen LogP contribution in [0, 0.1) is 6.92 Å². The van der Waals surface area contributed by atoms with Gasteiger partial charge in [0.2, 0.25) is 5.91 Å². The molecule has 0 saturated carbocycles. The summed E-state index contributed by atoms with van der Waals surface area (Å²) < 4.78 is 5.47. The summed E-state index contributed by atoms with van der Waals surface area (Å²) in [6, 6.07) is 11.9. The first-order valence-electron chi connectivity index (χ1n) is 7.34. The van der Waals surface area contributed by atoms with E-state index < -0.39 is 8.07 Å². The molecule has 2 aromatic rings. The van der Waals surface area contributed by atoms with Crippen molar-refractivity contribution < 1.29 is 9.53 Å². The van der Waals surface area contributed by atoms with Crippen LogP contribution in [0.25, 0.3) is 11.1 Å². The summed E-state index contributed by atoms with van der Waals surface area (Å²) >= 11 is 0. The number of rotatable bonds is 4. The molecule has 2 N–H and O–H groups in total. The van der Waals surface area contributed by atoms with Gasteiger partial charge in [0.05, 0.1) is 15.2 Å². The third kappa shape index (κ3) is 2.92. The number of primary amides is 1. The van der Waals surface area contributed by atoms with Crippen LogP contribution in [0.5, 0.6) is 5.75 Å². The molecule has 0 saturated heterocycles. The molecule has 2 aromatic carbocycles. The molecule has 0 aromatic heterocycles. The maximum Gasteiger partial charge on any atom is 0.249 e. The minimum Gasteiger partial charge on any atom is -0.496 e. The number of para-hydroxylation sites is 1. The van der Waals surface area contributed by atoms with Crippen molar-refractivity contribution in [1.29, 1.82) is 0 Å². The third-order valence-corrected chi connectivity index (χ3v) is 5.88. The Bertz CT molecular complexity index is 718. The second-order valence-electron chi connectivity index (χ2n) is 6.49. The Hall–Kier alpha value is -2.07. The zero-order valence-electron chi connectivity index (χ0n) is 13.9. The maximum absolute atomic E-state index is 12.2. The lowest BCUT2D eigenvalue weighted by Gasteiger charge is -2.24. The number of aryl methyl sites for hydroxylation is 1. The number of amides is 1. The van der Waals surface area contributed by atoms with Crippen LogP contribution < -0.4 is 15.7 Å². The van der Waals surface area contributed by atoms with E-state index in [2.05, 4.69) is 31.8 Å². The molecule has 22 heavy (non-hydrogen) atoms. The van der Waals surface area contributed by atoms with E-state index in [9.17, 15) is 4.79 Å². The number of nitrogens with two attached hydrogens (primary N) is 1. The minimum atomic E-state index is -1.70. The standard InChI is InChI=1S/C18H23NO2Si/c1-12-10-11-15(22(3,4)5)17(18(19)20)16(12)13-8-6-7-9-14(13)21-2/h6-11H,1-5H3,(H2,19,20). The molecule has 0 aliphatic carbocycles. The summed E-state index contributed by atoms with van der Waals surface area (Å²) in [5.41, 5.74) is 9.23. The van der Waals surface area contributed by atoms with Gasteiger partial charge in [-0.2, -0.15) is 0 Å². The van der Waals surface area contributed by atoms with Crippen LogP contribution >= 0.6 is 0 Å². The molecule has 0 radical (unpaired) electrons. The molecule has 0 aliphatic heterocycles. The van der Waals surface area contributed by atoms with Gasteiger partial charge in [0.1, 0.15) is 5.75 Å². The fraction of sp³-hybridized carbons (Fsp3) is 0.278. The molecule has 0 spiro atoms. The van der Waals surface area contributed by atoms with Crippen molar-refractivity contribution in [3.05, 3.63) is 47.5 Å².